The number of thiophene rings is 1. The molecule has 1 N–H and O–H groups in total. The topological polar surface area (TPSA) is 57.6 Å². The third kappa shape index (κ3) is 1.82. The molecule has 1 amide bonds. The van der Waals surface area contributed by atoms with Crippen LogP contribution in [0.15, 0.2) is 11.4 Å². The molecular weight excluding hydrogens is 250 g/mol. The summed E-state index contributed by atoms with van der Waals surface area (Å²) in [5.41, 5.74) is 1.34. The van der Waals surface area contributed by atoms with Crippen molar-refractivity contribution in [2.45, 2.75) is 25.8 Å². The molecule has 96 valence electrons. The van der Waals surface area contributed by atoms with Gasteiger partial charge in [-0.25, -0.2) is 0 Å². The second-order valence-corrected chi connectivity index (χ2v) is 6.01. The van der Waals surface area contributed by atoms with E-state index in [1.165, 1.54) is 10.4 Å². The fourth-order valence-corrected chi connectivity index (χ4v) is 3.70. The van der Waals surface area contributed by atoms with Crippen molar-refractivity contribution in [1.82, 2.24) is 4.90 Å². The van der Waals surface area contributed by atoms with Gasteiger partial charge in [0.25, 0.3) is 0 Å². The molecule has 2 heterocycles. The minimum absolute atomic E-state index is 0.0349. The van der Waals surface area contributed by atoms with Gasteiger partial charge in [0.05, 0.1) is 18.4 Å². The number of fused-ring (bicyclic) bond motifs is 1. The van der Waals surface area contributed by atoms with Crippen LogP contribution in [0.2, 0.25) is 0 Å². The first-order valence-electron chi connectivity index (χ1n) is 6.23. The van der Waals surface area contributed by atoms with Gasteiger partial charge in [0.15, 0.2) is 0 Å². The molecule has 1 aliphatic heterocycles. The molecule has 18 heavy (non-hydrogen) atoms. The van der Waals surface area contributed by atoms with Crippen LogP contribution >= 0.6 is 11.3 Å². The largest absolute Gasteiger partial charge is 0.481 e. The lowest BCUT2D eigenvalue weighted by molar-refractivity contribution is -0.157. The normalized spacial score (nSPS) is 26.3. The quantitative estimate of drug-likeness (QED) is 0.886. The molecule has 4 nitrogen and oxygen atoms in total. The number of carboxylic acids is 1. The maximum absolute atomic E-state index is 12.3. The Balaban J connectivity index is 1.70. The lowest BCUT2D eigenvalue weighted by Gasteiger charge is -2.37. The number of amides is 1. The smallest absolute Gasteiger partial charge is 0.307 e. The summed E-state index contributed by atoms with van der Waals surface area (Å²) in [6.07, 6.45) is 2.27. The Morgan fingerprint density at radius 1 is 1.33 bits per heavy atom. The van der Waals surface area contributed by atoms with Crippen LogP contribution in [-0.2, 0) is 22.6 Å². The van der Waals surface area contributed by atoms with E-state index in [4.69, 9.17) is 5.11 Å². The maximum Gasteiger partial charge on any atom is 0.307 e. The van der Waals surface area contributed by atoms with Crippen LogP contribution in [0.5, 0.6) is 0 Å². The van der Waals surface area contributed by atoms with E-state index < -0.39 is 11.9 Å². The summed E-state index contributed by atoms with van der Waals surface area (Å²) >= 11 is 1.68. The number of carbonyl (C=O) groups excluding carboxylic acids is 1. The molecule has 0 bridgehead atoms. The fourth-order valence-electron chi connectivity index (χ4n) is 2.75. The molecule has 1 aromatic rings. The Morgan fingerprint density at radius 2 is 2.11 bits per heavy atom. The van der Waals surface area contributed by atoms with Gasteiger partial charge in [-0.2, -0.15) is 0 Å². The van der Waals surface area contributed by atoms with Gasteiger partial charge in [0.2, 0.25) is 5.91 Å². The fraction of sp³-hybridized carbons (Fsp3) is 0.538. The molecule has 2 unspecified atom stereocenters. The van der Waals surface area contributed by atoms with Crippen molar-refractivity contribution in [2.24, 2.45) is 11.8 Å². The third-order valence-electron chi connectivity index (χ3n) is 4.04. The van der Waals surface area contributed by atoms with Gasteiger partial charge in [0, 0.05) is 11.4 Å². The van der Waals surface area contributed by atoms with Gasteiger partial charge in [-0.05, 0) is 36.3 Å². The molecule has 1 fully saturated rings. The van der Waals surface area contributed by atoms with E-state index in [9.17, 15) is 9.59 Å². The lowest BCUT2D eigenvalue weighted by atomic mass is 9.72. The highest BCUT2D eigenvalue weighted by molar-refractivity contribution is 7.10. The zero-order chi connectivity index (χ0) is 12.7. The van der Waals surface area contributed by atoms with Gasteiger partial charge in [0.1, 0.15) is 0 Å². The van der Waals surface area contributed by atoms with Gasteiger partial charge in [-0.3, -0.25) is 9.59 Å². The molecule has 5 heteroatoms. The van der Waals surface area contributed by atoms with E-state index in [0.717, 1.165) is 19.4 Å². The lowest BCUT2D eigenvalue weighted by Crippen LogP contribution is -2.47. The predicted octanol–water partition coefficient (Wildman–Crippen LogP) is 1.74. The monoisotopic (exact) mass is 265 g/mol. The first-order chi connectivity index (χ1) is 8.66. The van der Waals surface area contributed by atoms with E-state index in [-0.39, 0.29) is 11.8 Å². The van der Waals surface area contributed by atoms with Crippen molar-refractivity contribution in [2.75, 3.05) is 6.54 Å². The maximum atomic E-state index is 12.3. The van der Waals surface area contributed by atoms with Crippen molar-refractivity contribution in [3.8, 4) is 0 Å². The van der Waals surface area contributed by atoms with E-state index >= 15 is 0 Å². The van der Waals surface area contributed by atoms with Gasteiger partial charge in [-0.1, -0.05) is 0 Å². The summed E-state index contributed by atoms with van der Waals surface area (Å²) in [5, 5.41) is 11.1. The second kappa shape index (κ2) is 4.39. The molecule has 0 aromatic carbocycles. The molecule has 1 aliphatic carbocycles. The van der Waals surface area contributed by atoms with Crippen molar-refractivity contribution in [3.05, 3.63) is 21.9 Å². The first kappa shape index (κ1) is 11.7. The summed E-state index contributed by atoms with van der Waals surface area (Å²) in [5.74, 6) is -1.53. The van der Waals surface area contributed by atoms with E-state index in [0.29, 0.717) is 13.0 Å². The minimum atomic E-state index is -0.826. The molecule has 3 rings (SSSR count). The third-order valence-corrected chi connectivity index (χ3v) is 4.99. The van der Waals surface area contributed by atoms with Gasteiger partial charge < -0.3 is 10.0 Å². The number of aliphatic carboxylic acids is 1. The highest BCUT2D eigenvalue weighted by Crippen LogP contribution is 2.37. The molecule has 1 aromatic heterocycles. The summed E-state index contributed by atoms with van der Waals surface area (Å²) in [7, 11) is 0. The van der Waals surface area contributed by atoms with Crippen molar-refractivity contribution in [1.29, 1.82) is 0 Å². The Bertz CT molecular complexity index is 496. The van der Waals surface area contributed by atoms with Crippen LogP contribution in [0, 0.1) is 11.8 Å². The summed E-state index contributed by atoms with van der Waals surface area (Å²) in [4.78, 5) is 26.3. The zero-order valence-electron chi connectivity index (χ0n) is 9.96. The van der Waals surface area contributed by atoms with Crippen LogP contribution in [0.1, 0.15) is 23.3 Å². The zero-order valence-corrected chi connectivity index (χ0v) is 10.8. The van der Waals surface area contributed by atoms with E-state index in [2.05, 4.69) is 11.4 Å². The number of nitrogens with zero attached hydrogens (tertiary/aromatic N) is 1. The van der Waals surface area contributed by atoms with E-state index in [1.54, 1.807) is 11.3 Å². The molecule has 0 spiro atoms. The second-order valence-electron chi connectivity index (χ2n) is 5.01. The summed E-state index contributed by atoms with van der Waals surface area (Å²) in [6, 6.07) is 2.12. The van der Waals surface area contributed by atoms with Crippen LogP contribution in [-0.4, -0.2) is 28.4 Å². The van der Waals surface area contributed by atoms with Gasteiger partial charge in [-0.15, -0.1) is 11.3 Å². The average molecular weight is 265 g/mol. The van der Waals surface area contributed by atoms with Crippen molar-refractivity contribution >= 4 is 23.2 Å². The molecule has 1 saturated carbocycles. The molecule has 0 saturated heterocycles. The Morgan fingerprint density at radius 3 is 2.78 bits per heavy atom. The predicted molar refractivity (Wildman–Crippen MR) is 67.3 cm³/mol. The van der Waals surface area contributed by atoms with Crippen LogP contribution < -0.4 is 0 Å². The summed E-state index contributed by atoms with van der Waals surface area (Å²) in [6.45, 7) is 1.39. The molecule has 2 atom stereocenters. The Kier molecular flexibility index (Phi) is 2.86. The number of hydrogen-bond acceptors (Lipinski definition) is 3. The van der Waals surface area contributed by atoms with Crippen molar-refractivity contribution in [3.63, 3.8) is 0 Å². The standard InChI is InChI=1S/C13H15NO3S/c15-12(9-1-2-10(9)13(16)17)14-5-3-8-4-6-18-11(8)7-14/h4,6,9-10H,1-3,5,7H2,(H,16,17). The highest BCUT2D eigenvalue weighted by Gasteiger charge is 2.43. The molecule has 2 aliphatic rings. The number of carbonyl (C=O) groups is 2. The SMILES string of the molecule is O=C(O)C1CCC1C(=O)N1CCc2ccsc2C1. The molecular formula is C13H15NO3S. The molecule has 0 radical (unpaired) electrons. The number of carboxylic acid groups (broad SMARTS) is 1. The Hall–Kier alpha value is -1.36. The number of rotatable bonds is 2. The van der Waals surface area contributed by atoms with E-state index in [1.807, 2.05) is 4.90 Å². The van der Waals surface area contributed by atoms with Gasteiger partial charge >= 0.3 is 5.97 Å². The summed E-state index contributed by atoms with van der Waals surface area (Å²) < 4.78 is 0. The van der Waals surface area contributed by atoms with Crippen LogP contribution in [0.25, 0.3) is 0 Å². The average Bonchev–Trinajstić information content (AvgIpc) is 2.73. The minimum Gasteiger partial charge on any atom is -0.481 e. The van der Waals surface area contributed by atoms with Crippen LogP contribution in [0.4, 0.5) is 0 Å². The van der Waals surface area contributed by atoms with Crippen LogP contribution in [0.3, 0.4) is 0 Å². The first-order valence-corrected chi connectivity index (χ1v) is 7.11. The van der Waals surface area contributed by atoms with Crippen molar-refractivity contribution < 1.29 is 14.7 Å². The number of hydrogen-bond donors (Lipinski definition) is 1. The highest BCUT2D eigenvalue weighted by atomic mass is 32.1. The Labute approximate surface area is 109 Å².